The summed E-state index contributed by atoms with van der Waals surface area (Å²) in [6.45, 7) is 5.08. The highest BCUT2D eigenvalue weighted by Gasteiger charge is 2.22. The summed E-state index contributed by atoms with van der Waals surface area (Å²) in [5.74, 6) is 3.48. The van der Waals surface area contributed by atoms with Gasteiger partial charge in [-0.25, -0.2) is 4.99 Å². The third kappa shape index (κ3) is 6.90. The van der Waals surface area contributed by atoms with Crippen molar-refractivity contribution in [3.05, 3.63) is 54.0 Å². The quantitative estimate of drug-likeness (QED) is 0.332. The first-order chi connectivity index (χ1) is 12.3. The molecule has 0 radical (unpaired) electrons. The minimum absolute atomic E-state index is 0. The molecule has 1 aromatic carbocycles. The van der Waals surface area contributed by atoms with Gasteiger partial charge < -0.3 is 19.8 Å². The van der Waals surface area contributed by atoms with Gasteiger partial charge in [0, 0.05) is 25.1 Å². The second-order valence-electron chi connectivity index (χ2n) is 6.31. The first-order valence-corrected chi connectivity index (χ1v) is 9.10. The van der Waals surface area contributed by atoms with Crippen LogP contribution < -0.4 is 15.4 Å². The van der Waals surface area contributed by atoms with Crippen molar-refractivity contribution in [3.8, 4) is 5.75 Å². The molecule has 1 saturated carbocycles. The molecule has 26 heavy (non-hydrogen) atoms. The van der Waals surface area contributed by atoms with Crippen molar-refractivity contribution in [2.75, 3.05) is 19.7 Å². The van der Waals surface area contributed by atoms with E-state index in [4.69, 9.17) is 9.15 Å². The topological polar surface area (TPSA) is 58.8 Å². The van der Waals surface area contributed by atoms with Crippen LogP contribution in [0.15, 0.2) is 52.1 Å². The minimum Gasteiger partial charge on any atom is -0.493 e. The number of para-hydroxylation sites is 1. The first kappa shape index (κ1) is 20.6. The zero-order chi connectivity index (χ0) is 17.3. The lowest BCUT2D eigenvalue weighted by Crippen LogP contribution is -2.38. The Morgan fingerprint density at radius 2 is 2.04 bits per heavy atom. The fourth-order valence-corrected chi connectivity index (χ4v) is 2.53. The van der Waals surface area contributed by atoms with Gasteiger partial charge in [-0.3, -0.25) is 0 Å². The normalized spacial score (nSPS) is 13.8. The molecule has 1 heterocycles. The van der Waals surface area contributed by atoms with Gasteiger partial charge in [-0.15, -0.1) is 24.0 Å². The molecule has 6 heteroatoms. The second-order valence-corrected chi connectivity index (χ2v) is 6.31. The molecule has 3 rings (SSSR count). The van der Waals surface area contributed by atoms with Gasteiger partial charge in [-0.2, -0.15) is 0 Å². The van der Waals surface area contributed by atoms with Crippen molar-refractivity contribution >= 4 is 29.9 Å². The number of furan rings is 1. The number of guanidine groups is 1. The van der Waals surface area contributed by atoms with Crippen molar-refractivity contribution in [1.82, 2.24) is 10.6 Å². The van der Waals surface area contributed by atoms with Crippen LogP contribution in [-0.2, 0) is 13.0 Å². The molecule has 0 aliphatic heterocycles. The maximum absolute atomic E-state index is 5.96. The summed E-state index contributed by atoms with van der Waals surface area (Å²) >= 11 is 0. The molecule has 0 amide bonds. The molecule has 1 fully saturated rings. The lowest BCUT2D eigenvalue weighted by atomic mass is 10.2. The average Bonchev–Trinajstić information content (AvgIpc) is 3.32. The van der Waals surface area contributed by atoms with Gasteiger partial charge in [0.25, 0.3) is 0 Å². The summed E-state index contributed by atoms with van der Waals surface area (Å²) in [5, 5.41) is 6.63. The van der Waals surface area contributed by atoms with Gasteiger partial charge in [0.15, 0.2) is 5.96 Å². The van der Waals surface area contributed by atoms with Gasteiger partial charge in [0.2, 0.25) is 0 Å². The highest BCUT2D eigenvalue weighted by Crippen LogP contribution is 2.30. The fraction of sp³-hybridized carbons (Fsp3) is 0.450. The molecule has 142 valence electrons. The van der Waals surface area contributed by atoms with E-state index in [1.807, 2.05) is 30.3 Å². The zero-order valence-electron chi connectivity index (χ0n) is 15.2. The molecule has 5 nitrogen and oxygen atoms in total. The molecule has 1 aromatic heterocycles. The number of hydrogen-bond donors (Lipinski definition) is 2. The Balaban J connectivity index is 0.00000243. The molecule has 1 aliphatic rings. The summed E-state index contributed by atoms with van der Waals surface area (Å²) in [5.41, 5.74) is 1.12. The number of rotatable bonds is 9. The first-order valence-electron chi connectivity index (χ1n) is 9.10. The molecule has 0 spiro atoms. The van der Waals surface area contributed by atoms with E-state index in [9.17, 15) is 0 Å². The Labute approximate surface area is 172 Å². The number of hydrogen-bond acceptors (Lipinski definition) is 3. The molecule has 1 aliphatic carbocycles. The molecule has 2 aromatic rings. The summed E-state index contributed by atoms with van der Waals surface area (Å²) < 4.78 is 11.3. The van der Waals surface area contributed by atoms with Crippen LogP contribution >= 0.6 is 24.0 Å². The molecular weight excluding hydrogens is 441 g/mol. The molecule has 0 bridgehead atoms. The third-order valence-corrected chi connectivity index (χ3v) is 4.14. The lowest BCUT2D eigenvalue weighted by Gasteiger charge is -2.12. The average molecular weight is 469 g/mol. The highest BCUT2D eigenvalue weighted by molar-refractivity contribution is 14.0. The third-order valence-electron chi connectivity index (χ3n) is 4.14. The Kier molecular flexibility index (Phi) is 8.80. The molecule has 0 atom stereocenters. The number of aliphatic imine (C=N–C) groups is 1. The Bertz CT molecular complexity index is 669. The zero-order valence-corrected chi connectivity index (χ0v) is 17.6. The Morgan fingerprint density at radius 1 is 1.19 bits per heavy atom. The summed E-state index contributed by atoms with van der Waals surface area (Å²) in [6, 6.07) is 12.1. The van der Waals surface area contributed by atoms with E-state index in [1.165, 1.54) is 12.8 Å². The van der Waals surface area contributed by atoms with Crippen molar-refractivity contribution < 1.29 is 9.15 Å². The van der Waals surface area contributed by atoms with E-state index < -0.39 is 0 Å². The van der Waals surface area contributed by atoms with Crippen LogP contribution in [0.25, 0.3) is 0 Å². The smallest absolute Gasteiger partial charge is 0.191 e. The number of nitrogens with zero attached hydrogens (tertiary/aromatic N) is 1. The number of ether oxygens (including phenoxy) is 1. The summed E-state index contributed by atoms with van der Waals surface area (Å²) in [6.07, 6.45) is 5.13. The number of nitrogens with one attached hydrogen (secondary N) is 2. The summed E-state index contributed by atoms with van der Waals surface area (Å²) in [4.78, 5) is 4.69. The predicted molar refractivity (Wildman–Crippen MR) is 115 cm³/mol. The standard InChI is InChI=1S/C20H27N3O2.HI/c1-2-21-20(22-12-11-18-7-5-13-24-18)23-14-17-6-3-4-8-19(17)25-15-16-9-10-16;/h3-8,13,16H,2,9-12,14-15H2,1H3,(H2,21,22,23);1H. The fourth-order valence-electron chi connectivity index (χ4n) is 2.53. The molecule has 2 N–H and O–H groups in total. The highest BCUT2D eigenvalue weighted by atomic mass is 127. The van der Waals surface area contributed by atoms with Crippen LogP contribution in [0.5, 0.6) is 5.75 Å². The SMILES string of the molecule is CCNC(=NCc1ccccc1OCC1CC1)NCCc1ccco1.I. The van der Waals surface area contributed by atoms with E-state index in [1.54, 1.807) is 6.26 Å². The van der Waals surface area contributed by atoms with E-state index in [2.05, 4.69) is 28.6 Å². The molecular formula is C20H28IN3O2. The van der Waals surface area contributed by atoms with E-state index in [0.29, 0.717) is 6.54 Å². The maximum Gasteiger partial charge on any atom is 0.191 e. The van der Waals surface area contributed by atoms with E-state index in [0.717, 1.165) is 55.1 Å². The van der Waals surface area contributed by atoms with Crippen LogP contribution in [0.4, 0.5) is 0 Å². The lowest BCUT2D eigenvalue weighted by molar-refractivity contribution is 0.297. The monoisotopic (exact) mass is 469 g/mol. The van der Waals surface area contributed by atoms with Gasteiger partial charge in [0.1, 0.15) is 11.5 Å². The predicted octanol–water partition coefficient (Wildman–Crippen LogP) is 3.98. The van der Waals surface area contributed by atoms with Crippen LogP contribution in [0.3, 0.4) is 0 Å². The van der Waals surface area contributed by atoms with Gasteiger partial charge >= 0.3 is 0 Å². The van der Waals surface area contributed by atoms with E-state index in [-0.39, 0.29) is 24.0 Å². The van der Waals surface area contributed by atoms with E-state index >= 15 is 0 Å². The molecule has 0 unspecified atom stereocenters. The van der Waals surface area contributed by atoms with Crippen LogP contribution in [0, 0.1) is 5.92 Å². The molecule has 0 saturated heterocycles. The Morgan fingerprint density at radius 3 is 2.77 bits per heavy atom. The number of halogens is 1. The summed E-state index contributed by atoms with van der Waals surface area (Å²) in [7, 11) is 0. The largest absolute Gasteiger partial charge is 0.493 e. The van der Waals surface area contributed by atoms with Gasteiger partial charge in [0.05, 0.1) is 19.4 Å². The second kappa shape index (κ2) is 11.1. The van der Waals surface area contributed by atoms with Crippen LogP contribution in [-0.4, -0.2) is 25.7 Å². The maximum atomic E-state index is 5.96. The van der Waals surface area contributed by atoms with Gasteiger partial charge in [-0.1, -0.05) is 18.2 Å². The van der Waals surface area contributed by atoms with Crippen molar-refractivity contribution in [2.45, 2.75) is 32.7 Å². The van der Waals surface area contributed by atoms with Gasteiger partial charge in [-0.05, 0) is 43.9 Å². The van der Waals surface area contributed by atoms with Crippen LogP contribution in [0.1, 0.15) is 31.1 Å². The van der Waals surface area contributed by atoms with Crippen molar-refractivity contribution in [3.63, 3.8) is 0 Å². The Hall–Kier alpha value is -1.70. The number of benzene rings is 1. The minimum atomic E-state index is 0. The van der Waals surface area contributed by atoms with Crippen molar-refractivity contribution in [1.29, 1.82) is 0 Å². The van der Waals surface area contributed by atoms with Crippen LogP contribution in [0.2, 0.25) is 0 Å². The van der Waals surface area contributed by atoms with Crippen molar-refractivity contribution in [2.24, 2.45) is 10.9 Å².